The van der Waals surface area contributed by atoms with E-state index in [2.05, 4.69) is 278 Å². The molecule has 0 spiro atoms. The van der Waals surface area contributed by atoms with Crippen molar-refractivity contribution in [3.63, 3.8) is 0 Å². The zero-order valence-corrected chi connectivity index (χ0v) is 42.5. The normalized spacial score (nSPS) is 13.2. The maximum atomic E-state index is 5.00. The summed E-state index contributed by atoms with van der Waals surface area (Å²) in [5.74, 6) is 0.912. The average molecular weight is 904 g/mol. The van der Waals surface area contributed by atoms with Crippen LogP contribution in [0.25, 0.3) is 38.8 Å². The van der Waals surface area contributed by atoms with Crippen molar-refractivity contribution < 1.29 is 0 Å². The molecule has 0 bridgehead atoms. The summed E-state index contributed by atoms with van der Waals surface area (Å²) in [4.78, 5) is 7.37. The van der Waals surface area contributed by atoms with Crippen molar-refractivity contribution in [2.45, 2.75) is 105 Å². The Kier molecular flexibility index (Phi) is 11.0. The molecule has 9 aromatic rings. The minimum Gasteiger partial charge on any atom is -0.310 e. The summed E-state index contributed by atoms with van der Waals surface area (Å²) in [6.07, 6.45) is 1.95. The first-order valence-electron chi connectivity index (χ1n) is 24.5. The van der Waals surface area contributed by atoms with Gasteiger partial charge in [-0.05, 0) is 113 Å². The van der Waals surface area contributed by atoms with Crippen LogP contribution in [0.4, 0.5) is 39.8 Å². The Labute approximate surface area is 409 Å². The van der Waals surface area contributed by atoms with Crippen molar-refractivity contribution >= 4 is 67.6 Å². The van der Waals surface area contributed by atoms with Crippen LogP contribution in [-0.2, 0) is 21.7 Å². The third-order valence-electron chi connectivity index (χ3n) is 13.7. The van der Waals surface area contributed by atoms with Gasteiger partial charge in [-0.3, -0.25) is 4.57 Å². The number of benzene rings is 7. The number of rotatable bonds is 7. The molecule has 0 saturated heterocycles. The van der Waals surface area contributed by atoms with E-state index >= 15 is 0 Å². The molecule has 1 aliphatic rings. The van der Waals surface area contributed by atoms with Gasteiger partial charge in [-0.2, -0.15) is 0 Å². The summed E-state index contributed by atoms with van der Waals surface area (Å²) in [6, 6.07) is 66.4. The number of nitrogens with zero attached hydrogens (tertiary/aromatic N) is 5. The molecule has 5 nitrogen and oxygen atoms in total. The van der Waals surface area contributed by atoms with Gasteiger partial charge in [0.05, 0.1) is 22.3 Å². The second-order valence-electron chi connectivity index (χ2n) is 22.9. The maximum Gasteiger partial charge on any atom is 0.503 e. The van der Waals surface area contributed by atoms with Crippen LogP contribution in [0, 0.1) is 0 Å². The zero-order valence-electron chi connectivity index (χ0n) is 42.5. The maximum absolute atomic E-state index is 5.00. The lowest BCUT2D eigenvalue weighted by molar-refractivity contribution is 0.568. The molecule has 2 aromatic heterocycles. The van der Waals surface area contributed by atoms with Crippen molar-refractivity contribution in [1.82, 2.24) is 18.7 Å². The Morgan fingerprint density at radius 2 is 1.04 bits per heavy atom. The van der Waals surface area contributed by atoms with Crippen LogP contribution in [0.3, 0.4) is 0 Å². The van der Waals surface area contributed by atoms with Crippen molar-refractivity contribution in [3.05, 3.63) is 198 Å². The Bertz CT molecular complexity index is 3480. The quantitative estimate of drug-likeness (QED) is 0.149. The van der Waals surface area contributed by atoms with E-state index < -0.39 is 0 Å². The number of pyridine rings is 1. The van der Waals surface area contributed by atoms with Crippen LogP contribution in [-0.4, -0.2) is 15.6 Å². The number of aromatic nitrogens is 2. The molecular weight excluding hydrogens is 839 g/mol. The Balaban J connectivity index is 1.19. The number of fused-ring (bicyclic) bond motifs is 4. The van der Waals surface area contributed by atoms with Gasteiger partial charge in [0.2, 0.25) is 11.4 Å². The van der Waals surface area contributed by atoms with Gasteiger partial charge in [-0.15, -0.1) is 0 Å². The molecule has 0 unspecified atom stereocenters. The number of para-hydroxylation sites is 3. The minimum absolute atomic E-state index is 0.000968. The molecule has 0 saturated carbocycles. The monoisotopic (exact) mass is 904 g/mol. The van der Waals surface area contributed by atoms with Gasteiger partial charge in [0.25, 0.3) is 5.69 Å². The largest absolute Gasteiger partial charge is 0.503 e. The fraction of sp³-hybridized carbons (Fsp3) is 0.250. The van der Waals surface area contributed by atoms with Crippen molar-refractivity contribution in [1.29, 1.82) is 0 Å². The van der Waals surface area contributed by atoms with Gasteiger partial charge >= 0.3 is 11.7 Å². The van der Waals surface area contributed by atoms with Crippen LogP contribution >= 0.6 is 0 Å². The third kappa shape index (κ3) is 8.51. The van der Waals surface area contributed by atoms with Crippen LogP contribution < -0.4 is 14.1 Å². The van der Waals surface area contributed by atoms with E-state index in [1.54, 1.807) is 0 Å². The summed E-state index contributed by atoms with van der Waals surface area (Å²) in [5, 5.41) is 2.39. The Morgan fingerprint density at radius 3 is 1.75 bits per heavy atom. The fourth-order valence-corrected chi connectivity index (χ4v) is 9.67. The number of hydrogen-bond donors (Lipinski definition) is 0. The molecule has 0 amide bonds. The molecule has 69 heavy (non-hydrogen) atoms. The molecule has 1 aliphatic heterocycles. The Hall–Kier alpha value is -7.33. The van der Waals surface area contributed by atoms with Gasteiger partial charge in [0.1, 0.15) is 5.82 Å². The predicted molar refractivity (Wildman–Crippen MR) is 294 cm³/mol. The van der Waals surface area contributed by atoms with E-state index in [-0.39, 0.29) is 21.7 Å². The van der Waals surface area contributed by atoms with Crippen LogP contribution in [0.1, 0.15) is 105 Å². The van der Waals surface area contributed by atoms with Crippen molar-refractivity contribution in [2.24, 2.45) is 0 Å². The standard InChI is InChI=1S/C64H65N5/c1-61(2,3)44-22-18-21-43(35-44)53-28-20-30-57-60(53)67(52-37-46(63(7,8)9)36-47(38-52)64(10,11)12)42-66(57)49-25-19-26-50(40-49)68(48-23-14-13-15-24-48)51-31-32-55-54-27-16-17-29-56(54)69(58(55)41-51)59-39-45(33-34-65-59)62(4,5)6/h13-41H,1-12H3/q+2. The van der Waals surface area contributed by atoms with E-state index in [9.17, 15) is 0 Å². The smallest absolute Gasteiger partial charge is 0.310 e. The Morgan fingerprint density at radius 1 is 0.435 bits per heavy atom. The molecule has 0 fully saturated rings. The molecule has 3 heterocycles. The molecule has 0 aliphatic carbocycles. The molecular formula is C64H65N5+2. The summed E-state index contributed by atoms with van der Waals surface area (Å²) >= 11 is 0. The SMILES string of the molecule is CC(C)(C)c1cccc(-c2cccc3c2[N+](c2cc(C(C)(C)C)cc(C(C)(C)C)c2)=C=[N+]3c2cccc(N(c3ccccc3)c3ccc4c5ccccc5n(-c5cc(C(C)(C)C)ccn5)c4c3)c2)c1. The molecule has 5 heteroatoms. The summed E-state index contributed by atoms with van der Waals surface area (Å²) in [7, 11) is 0. The molecule has 0 radical (unpaired) electrons. The van der Waals surface area contributed by atoms with Gasteiger partial charge < -0.3 is 4.90 Å². The van der Waals surface area contributed by atoms with Gasteiger partial charge in [-0.25, -0.2) is 4.98 Å². The predicted octanol–water partition coefficient (Wildman–Crippen LogP) is 17.4. The number of anilines is 3. The lowest BCUT2D eigenvalue weighted by Gasteiger charge is -2.25. The second kappa shape index (κ2) is 16.7. The second-order valence-corrected chi connectivity index (χ2v) is 22.9. The van der Waals surface area contributed by atoms with Gasteiger partial charge in [0.15, 0.2) is 0 Å². The summed E-state index contributed by atoms with van der Waals surface area (Å²) in [6.45, 7) is 27.5. The van der Waals surface area contributed by atoms with Gasteiger partial charge in [0, 0.05) is 58.7 Å². The topological polar surface area (TPSA) is 27.1 Å². The molecule has 344 valence electrons. The van der Waals surface area contributed by atoms with Gasteiger partial charge in [-0.1, -0.05) is 168 Å². The molecule has 0 N–H and O–H groups in total. The van der Waals surface area contributed by atoms with E-state index in [0.717, 1.165) is 56.7 Å². The zero-order chi connectivity index (χ0) is 48.6. The fourth-order valence-electron chi connectivity index (χ4n) is 9.67. The van der Waals surface area contributed by atoms with E-state index in [0.29, 0.717) is 0 Å². The van der Waals surface area contributed by atoms with Crippen molar-refractivity contribution in [3.8, 4) is 16.9 Å². The first-order valence-corrected chi connectivity index (χ1v) is 24.5. The third-order valence-corrected chi connectivity index (χ3v) is 13.7. The highest BCUT2D eigenvalue weighted by Crippen LogP contribution is 2.47. The van der Waals surface area contributed by atoms with Crippen LogP contribution in [0.15, 0.2) is 176 Å². The first-order chi connectivity index (χ1) is 32.7. The number of hydrogen-bond acceptors (Lipinski definition) is 2. The average Bonchev–Trinajstić information content (AvgIpc) is 3.87. The van der Waals surface area contributed by atoms with Crippen LogP contribution in [0.5, 0.6) is 0 Å². The highest BCUT2D eigenvalue weighted by molar-refractivity contribution is 6.10. The minimum atomic E-state index is -0.0572. The lowest BCUT2D eigenvalue weighted by Crippen LogP contribution is -2.17. The highest BCUT2D eigenvalue weighted by Gasteiger charge is 2.41. The molecule has 7 aromatic carbocycles. The summed E-state index contributed by atoms with van der Waals surface area (Å²) < 4.78 is 6.90. The first kappa shape index (κ1) is 45.5. The van der Waals surface area contributed by atoms with Crippen molar-refractivity contribution in [2.75, 3.05) is 4.90 Å². The molecule has 10 rings (SSSR count). The lowest BCUT2D eigenvalue weighted by atomic mass is 9.80. The van der Waals surface area contributed by atoms with E-state index in [4.69, 9.17) is 4.98 Å². The molecule has 0 atom stereocenters. The summed E-state index contributed by atoms with van der Waals surface area (Å²) in [5.41, 5.74) is 17.1. The van der Waals surface area contributed by atoms with E-state index in [1.807, 2.05) is 6.20 Å². The van der Waals surface area contributed by atoms with E-state index in [1.165, 1.54) is 44.2 Å². The highest BCUT2D eigenvalue weighted by atomic mass is 15.2. The van der Waals surface area contributed by atoms with Crippen LogP contribution in [0.2, 0.25) is 0 Å².